The molecule has 16 heavy (non-hydrogen) atoms. The van der Waals surface area contributed by atoms with Gasteiger partial charge < -0.3 is 10.0 Å². The molecule has 0 radical (unpaired) electrons. The average Bonchev–Trinajstić information content (AvgIpc) is 2.25. The number of likely N-dealkylation sites (N-methyl/N-ethyl adjacent to an activating group) is 1. The number of carboxylic acids is 1. The molecule has 1 amide bonds. The quantitative estimate of drug-likeness (QED) is 0.849. The minimum absolute atomic E-state index is 0.300. The summed E-state index contributed by atoms with van der Waals surface area (Å²) in [6.07, 6.45) is 1.41. The van der Waals surface area contributed by atoms with Crippen molar-refractivity contribution in [3.8, 4) is 0 Å². The maximum Gasteiger partial charge on any atom is 0.323 e. The molecular weight excluding hydrogens is 276 g/mol. The van der Waals surface area contributed by atoms with Crippen molar-refractivity contribution in [1.82, 2.24) is 9.88 Å². The second kappa shape index (κ2) is 5.60. The molecule has 0 aliphatic carbocycles. The lowest BCUT2D eigenvalue weighted by molar-refractivity contribution is -0.137. The summed E-state index contributed by atoms with van der Waals surface area (Å²) in [7, 11) is 0. The Bertz CT molecular complexity index is 392. The second-order valence-electron chi connectivity index (χ2n) is 3.08. The monoisotopic (exact) mass is 286 g/mol. The van der Waals surface area contributed by atoms with Gasteiger partial charge in [-0.05, 0) is 35.0 Å². The molecule has 0 saturated heterocycles. The van der Waals surface area contributed by atoms with Crippen molar-refractivity contribution in [3.63, 3.8) is 0 Å². The third-order valence-corrected chi connectivity index (χ3v) is 2.44. The van der Waals surface area contributed by atoms with Gasteiger partial charge in [-0.2, -0.15) is 0 Å². The van der Waals surface area contributed by atoms with Crippen LogP contribution in [0.15, 0.2) is 22.9 Å². The molecule has 1 aromatic rings. The predicted molar refractivity (Wildman–Crippen MR) is 61.2 cm³/mol. The van der Waals surface area contributed by atoms with Crippen molar-refractivity contribution < 1.29 is 14.7 Å². The molecule has 0 unspecified atom stereocenters. The summed E-state index contributed by atoms with van der Waals surface area (Å²) < 4.78 is 0.630. The summed E-state index contributed by atoms with van der Waals surface area (Å²) in [4.78, 5) is 27.5. The molecule has 1 heterocycles. The molecular formula is C10H11BrN2O3. The molecule has 1 rings (SSSR count). The Morgan fingerprint density at radius 3 is 2.62 bits per heavy atom. The van der Waals surface area contributed by atoms with Gasteiger partial charge in [-0.25, -0.2) is 4.98 Å². The maximum absolute atomic E-state index is 11.8. The molecule has 0 bridgehead atoms. The van der Waals surface area contributed by atoms with Gasteiger partial charge in [0.2, 0.25) is 0 Å². The van der Waals surface area contributed by atoms with E-state index in [1.165, 1.54) is 11.1 Å². The number of pyridine rings is 1. The van der Waals surface area contributed by atoms with Gasteiger partial charge in [-0.3, -0.25) is 9.59 Å². The number of amides is 1. The summed E-state index contributed by atoms with van der Waals surface area (Å²) in [5.41, 5.74) is 0.381. The molecule has 0 spiro atoms. The van der Waals surface area contributed by atoms with Crippen LogP contribution in [0.25, 0.3) is 0 Å². The molecule has 0 atom stereocenters. The summed E-state index contributed by atoms with van der Waals surface area (Å²) >= 11 is 3.16. The van der Waals surface area contributed by atoms with E-state index in [0.717, 1.165) is 0 Å². The maximum atomic E-state index is 11.8. The number of aliphatic carboxylic acids is 1. The molecule has 0 saturated carbocycles. The fourth-order valence-corrected chi connectivity index (χ4v) is 1.41. The number of carboxylic acid groups (broad SMARTS) is 1. The van der Waals surface area contributed by atoms with Crippen molar-refractivity contribution in [2.24, 2.45) is 0 Å². The zero-order valence-corrected chi connectivity index (χ0v) is 10.3. The molecule has 5 nitrogen and oxygen atoms in total. The summed E-state index contributed by atoms with van der Waals surface area (Å²) in [5.74, 6) is -1.36. The SMILES string of the molecule is CCN(CC(=O)O)C(=O)c1ccc(Br)nc1. The number of nitrogens with zero attached hydrogens (tertiary/aromatic N) is 2. The van der Waals surface area contributed by atoms with Crippen LogP contribution >= 0.6 is 15.9 Å². The van der Waals surface area contributed by atoms with E-state index in [-0.39, 0.29) is 12.5 Å². The zero-order valence-electron chi connectivity index (χ0n) is 8.68. The normalized spacial score (nSPS) is 9.88. The summed E-state index contributed by atoms with van der Waals surface area (Å²) in [5, 5.41) is 8.64. The van der Waals surface area contributed by atoms with E-state index in [4.69, 9.17) is 5.11 Å². The van der Waals surface area contributed by atoms with Crippen LogP contribution in [0.1, 0.15) is 17.3 Å². The number of halogens is 1. The Hall–Kier alpha value is -1.43. The lowest BCUT2D eigenvalue weighted by Crippen LogP contribution is -2.35. The van der Waals surface area contributed by atoms with Crippen molar-refractivity contribution in [2.75, 3.05) is 13.1 Å². The van der Waals surface area contributed by atoms with E-state index in [1.54, 1.807) is 19.1 Å². The topological polar surface area (TPSA) is 70.5 Å². The second-order valence-corrected chi connectivity index (χ2v) is 3.90. The van der Waals surface area contributed by atoms with Gasteiger partial charge in [0.1, 0.15) is 11.1 Å². The number of rotatable bonds is 4. The van der Waals surface area contributed by atoms with Crippen LogP contribution in [0.3, 0.4) is 0 Å². The zero-order chi connectivity index (χ0) is 12.1. The Balaban J connectivity index is 2.82. The Kier molecular flexibility index (Phi) is 4.42. The van der Waals surface area contributed by atoms with Crippen molar-refractivity contribution >= 4 is 27.8 Å². The Morgan fingerprint density at radius 2 is 2.19 bits per heavy atom. The molecule has 1 N–H and O–H groups in total. The first-order valence-electron chi connectivity index (χ1n) is 4.67. The van der Waals surface area contributed by atoms with E-state index < -0.39 is 5.97 Å². The first kappa shape index (κ1) is 12.6. The van der Waals surface area contributed by atoms with E-state index in [9.17, 15) is 9.59 Å². The average molecular weight is 287 g/mol. The number of carbonyl (C=O) groups is 2. The van der Waals surface area contributed by atoms with Gasteiger partial charge in [0.05, 0.1) is 5.56 Å². The summed E-state index contributed by atoms with van der Waals surface area (Å²) in [6.45, 7) is 1.78. The molecule has 0 aliphatic rings. The van der Waals surface area contributed by atoms with E-state index in [2.05, 4.69) is 20.9 Å². The number of aromatic nitrogens is 1. The van der Waals surface area contributed by atoms with Crippen LogP contribution in [0.4, 0.5) is 0 Å². The van der Waals surface area contributed by atoms with E-state index in [1.807, 2.05) is 0 Å². The van der Waals surface area contributed by atoms with Gasteiger partial charge in [0.15, 0.2) is 0 Å². The smallest absolute Gasteiger partial charge is 0.323 e. The first-order chi connectivity index (χ1) is 7.54. The summed E-state index contributed by atoms with van der Waals surface area (Å²) in [6, 6.07) is 3.24. The highest BCUT2D eigenvalue weighted by molar-refractivity contribution is 9.10. The molecule has 0 fully saturated rings. The number of hydrogen-bond donors (Lipinski definition) is 1. The Labute approximate surface area is 101 Å². The molecule has 1 aromatic heterocycles. The fraction of sp³-hybridized carbons (Fsp3) is 0.300. The van der Waals surface area contributed by atoms with E-state index in [0.29, 0.717) is 16.7 Å². The standard InChI is InChI=1S/C10H11BrN2O3/c1-2-13(6-9(14)15)10(16)7-3-4-8(11)12-5-7/h3-5H,2,6H2,1H3,(H,14,15). The molecule has 6 heteroatoms. The van der Waals surface area contributed by atoms with Crippen LogP contribution in [0.5, 0.6) is 0 Å². The van der Waals surface area contributed by atoms with Gasteiger partial charge >= 0.3 is 5.97 Å². The van der Waals surface area contributed by atoms with Crippen LogP contribution in [-0.2, 0) is 4.79 Å². The van der Waals surface area contributed by atoms with Gasteiger partial charge in [-0.1, -0.05) is 0 Å². The lowest BCUT2D eigenvalue weighted by Gasteiger charge is -2.18. The number of carbonyl (C=O) groups excluding carboxylic acids is 1. The van der Waals surface area contributed by atoms with Gasteiger partial charge in [0, 0.05) is 12.7 Å². The van der Waals surface area contributed by atoms with Crippen molar-refractivity contribution in [2.45, 2.75) is 6.92 Å². The minimum Gasteiger partial charge on any atom is -0.480 e. The first-order valence-corrected chi connectivity index (χ1v) is 5.46. The molecule has 0 aromatic carbocycles. The van der Waals surface area contributed by atoms with Crippen LogP contribution in [0, 0.1) is 0 Å². The van der Waals surface area contributed by atoms with Crippen molar-refractivity contribution in [1.29, 1.82) is 0 Å². The highest BCUT2D eigenvalue weighted by Crippen LogP contribution is 2.08. The molecule has 0 aliphatic heterocycles. The number of hydrogen-bond acceptors (Lipinski definition) is 3. The largest absolute Gasteiger partial charge is 0.480 e. The van der Waals surface area contributed by atoms with Crippen molar-refractivity contribution in [3.05, 3.63) is 28.5 Å². The molecule has 86 valence electrons. The van der Waals surface area contributed by atoms with Crippen LogP contribution in [-0.4, -0.2) is 40.0 Å². The highest BCUT2D eigenvalue weighted by atomic mass is 79.9. The van der Waals surface area contributed by atoms with Gasteiger partial charge in [-0.15, -0.1) is 0 Å². The van der Waals surface area contributed by atoms with E-state index >= 15 is 0 Å². The minimum atomic E-state index is -1.03. The fourth-order valence-electron chi connectivity index (χ4n) is 1.18. The third-order valence-electron chi connectivity index (χ3n) is 1.97. The van der Waals surface area contributed by atoms with Crippen LogP contribution in [0.2, 0.25) is 0 Å². The Morgan fingerprint density at radius 1 is 1.50 bits per heavy atom. The predicted octanol–water partition coefficient (Wildman–Crippen LogP) is 1.39. The third kappa shape index (κ3) is 3.30. The lowest BCUT2D eigenvalue weighted by atomic mass is 10.2. The highest BCUT2D eigenvalue weighted by Gasteiger charge is 2.16. The van der Waals surface area contributed by atoms with Gasteiger partial charge in [0.25, 0.3) is 5.91 Å². The van der Waals surface area contributed by atoms with Crippen LogP contribution < -0.4 is 0 Å².